The highest BCUT2D eigenvalue weighted by atomic mass is 31.2. The van der Waals surface area contributed by atoms with E-state index in [0.29, 0.717) is 0 Å². The Bertz CT molecular complexity index is 259. The summed E-state index contributed by atoms with van der Waals surface area (Å²) < 4.78 is 14.0. The van der Waals surface area contributed by atoms with E-state index in [0.717, 1.165) is 0 Å². The fourth-order valence-electron chi connectivity index (χ4n) is 0.629. The van der Waals surface area contributed by atoms with E-state index in [9.17, 15) is 9.36 Å². The average Bonchev–Trinajstić information content (AvgIpc) is 2.10. The van der Waals surface area contributed by atoms with Crippen molar-refractivity contribution in [1.82, 2.24) is 0 Å². The summed E-state index contributed by atoms with van der Waals surface area (Å²) in [6.45, 7) is -1.00. The van der Waals surface area contributed by atoms with Gasteiger partial charge in [0.2, 0.25) is 0 Å². The van der Waals surface area contributed by atoms with Crippen molar-refractivity contribution in [3.8, 4) is 0 Å². The standard InChI is InChI=1S/C5H11O9P/c6-2(1-14-15(11,12)13)3(7)4(8)5(9)10/h2-4,6-8H,1H2,(H,9,10)(H2,11,12,13)/t2-,3+,4+/m1/s1. The summed E-state index contributed by atoms with van der Waals surface area (Å²) in [7, 11) is -4.81. The molecule has 0 aliphatic heterocycles. The second kappa shape index (κ2) is 5.52. The molecule has 0 aliphatic rings. The molecule has 6 N–H and O–H groups in total. The Morgan fingerprint density at radius 1 is 1.27 bits per heavy atom. The zero-order valence-electron chi connectivity index (χ0n) is 7.29. The molecule has 0 fully saturated rings. The van der Waals surface area contributed by atoms with Gasteiger partial charge >= 0.3 is 13.8 Å². The maximum atomic E-state index is 10.2. The number of carboxylic acid groups (broad SMARTS) is 1. The minimum atomic E-state index is -4.81. The lowest BCUT2D eigenvalue weighted by molar-refractivity contribution is -0.159. The first-order valence-electron chi connectivity index (χ1n) is 3.62. The van der Waals surface area contributed by atoms with Gasteiger partial charge in [-0.05, 0) is 0 Å². The van der Waals surface area contributed by atoms with E-state index in [-0.39, 0.29) is 0 Å². The van der Waals surface area contributed by atoms with Crippen LogP contribution in [0.5, 0.6) is 0 Å². The Morgan fingerprint density at radius 2 is 1.73 bits per heavy atom. The van der Waals surface area contributed by atoms with Crippen LogP contribution in [0, 0.1) is 0 Å². The highest BCUT2D eigenvalue weighted by molar-refractivity contribution is 7.46. The molecule has 0 aromatic carbocycles. The number of rotatable bonds is 6. The van der Waals surface area contributed by atoms with Gasteiger partial charge in [-0.2, -0.15) is 0 Å². The third-order valence-electron chi connectivity index (χ3n) is 1.38. The molecule has 0 heterocycles. The highest BCUT2D eigenvalue weighted by Gasteiger charge is 2.31. The number of hydrogen-bond acceptors (Lipinski definition) is 6. The number of carbonyl (C=O) groups is 1. The van der Waals surface area contributed by atoms with E-state index >= 15 is 0 Å². The normalized spacial score (nSPS) is 18.2. The number of aliphatic carboxylic acids is 1. The molecule has 90 valence electrons. The van der Waals surface area contributed by atoms with Crippen LogP contribution in [0.4, 0.5) is 0 Å². The number of carboxylic acids is 1. The second-order valence-electron chi connectivity index (χ2n) is 2.63. The van der Waals surface area contributed by atoms with E-state index in [4.69, 9.17) is 30.2 Å². The van der Waals surface area contributed by atoms with Gasteiger partial charge in [0, 0.05) is 0 Å². The molecule has 10 heteroatoms. The monoisotopic (exact) mass is 246 g/mol. The SMILES string of the molecule is O=C(O)[C@@H](O)[C@@H](O)[C@H](O)COP(=O)(O)O. The summed E-state index contributed by atoms with van der Waals surface area (Å²) in [4.78, 5) is 26.6. The fourth-order valence-corrected chi connectivity index (χ4v) is 0.975. The van der Waals surface area contributed by atoms with Crippen LogP contribution in [-0.4, -0.2) is 61.1 Å². The van der Waals surface area contributed by atoms with Gasteiger partial charge in [0.05, 0.1) is 6.61 Å². The molecule has 0 aliphatic carbocycles. The largest absolute Gasteiger partial charge is 0.479 e. The molecule has 0 rings (SSSR count). The summed E-state index contributed by atoms with van der Waals surface area (Å²) in [5.41, 5.74) is 0. The minimum Gasteiger partial charge on any atom is -0.479 e. The van der Waals surface area contributed by atoms with E-state index in [2.05, 4.69) is 4.52 Å². The Balaban J connectivity index is 4.16. The van der Waals surface area contributed by atoms with E-state index < -0.39 is 38.7 Å². The van der Waals surface area contributed by atoms with E-state index in [1.165, 1.54) is 0 Å². The van der Waals surface area contributed by atoms with Crippen molar-refractivity contribution < 1.29 is 44.1 Å². The Morgan fingerprint density at radius 3 is 2.07 bits per heavy atom. The van der Waals surface area contributed by atoms with Crippen LogP contribution in [0.2, 0.25) is 0 Å². The molecule has 3 atom stereocenters. The van der Waals surface area contributed by atoms with Gasteiger partial charge in [0.1, 0.15) is 12.2 Å². The highest BCUT2D eigenvalue weighted by Crippen LogP contribution is 2.35. The minimum absolute atomic E-state index is 1.00. The van der Waals surface area contributed by atoms with Crippen molar-refractivity contribution in [2.75, 3.05) is 6.61 Å². The van der Waals surface area contributed by atoms with Crippen LogP contribution in [0.3, 0.4) is 0 Å². The van der Waals surface area contributed by atoms with Gasteiger partial charge < -0.3 is 30.2 Å². The fraction of sp³-hybridized carbons (Fsp3) is 0.800. The zero-order valence-corrected chi connectivity index (χ0v) is 8.19. The summed E-state index contributed by atoms with van der Waals surface area (Å²) in [6.07, 6.45) is -6.29. The maximum Gasteiger partial charge on any atom is 0.469 e. The molecule has 0 bridgehead atoms. The molecular formula is C5H11O9P. The molecule has 0 saturated carbocycles. The first kappa shape index (κ1) is 14.5. The third-order valence-corrected chi connectivity index (χ3v) is 1.87. The van der Waals surface area contributed by atoms with Gasteiger partial charge in [0.15, 0.2) is 6.10 Å². The molecule has 9 nitrogen and oxygen atoms in total. The van der Waals surface area contributed by atoms with Crippen LogP contribution < -0.4 is 0 Å². The predicted molar refractivity (Wildman–Crippen MR) is 43.7 cm³/mol. The zero-order chi connectivity index (χ0) is 12.2. The topological polar surface area (TPSA) is 165 Å². The Kier molecular flexibility index (Phi) is 5.32. The molecule has 0 unspecified atom stereocenters. The van der Waals surface area contributed by atoms with Crippen molar-refractivity contribution in [3.63, 3.8) is 0 Å². The van der Waals surface area contributed by atoms with Crippen LogP contribution in [0.15, 0.2) is 0 Å². The van der Waals surface area contributed by atoms with E-state index in [1.54, 1.807) is 0 Å². The summed E-state index contributed by atoms with van der Waals surface area (Å²) in [5, 5.41) is 34.8. The van der Waals surface area contributed by atoms with Gasteiger partial charge in [-0.1, -0.05) is 0 Å². The molecular weight excluding hydrogens is 235 g/mol. The average molecular weight is 246 g/mol. The van der Waals surface area contributed by atoms with Crippen LogP contribution in [0.1, 0.15) is 0 Å². The third kappa shape index (κ3) is 5.80. The Hall–Kier alpha value is -0.540. The lowest BCUT2D eigenvalue weighted by Crippen LogP contribution is -2.44. The van der Waals surface area contributed by atoms with Gasteiger partial charge in [0.25, 0.3) is 0 Å². The summed E-state index contributed by atoms with van der Waals surface area (Å²) >= 11 is 0. The first-order valence-corrected chi connectivity index (χ1v) is 5.15. The molecule has 0 aromatic heterocycles. The van der Waals surface area contributed by atoms with Crippen molar-refractivity contribution in [3.05, 3.63) is 0 Å². The number of phosphoric acid groups is 1. The van der Waals surface area contributed by atoms with Crippen LogP contribution >= 0.6 is 7.82 Å². The van der Waals surface area contributed by atoms with E-state index in [1.807, 2.05) is 0 Å². The maximum absolute atomic E-state index is 10.2. The molecule has 15 heavy (non-hydrogen) atoms. The predicted octanol–water partition coefficient (Wildman–Crippen LogP) is -2.74. The van der Waals surface area contributed by atoms with Crippen molar-refractivity contribution in [2.45, 2.75) is 18.3 Å². The quantitative estimate of drug-likeness (QED) is 0.272. The smallest absolute Gasteiger partial charge is 0.469 e. The number of aliphatic hydroxyl groups excluding tert-OH is 3. The Labute approximate surface area is 83.8 Å². The van der Waals surface area contributed by atoms with Gasteiger partial charge in [-0.3, -0.25) is 4.52 Å². The molecule has 0 radical (unpaired) electrons. The molecule has 0 aromatic rings. The lowest BCUT2D eigenvalue weighted by atomic mass is 10.1. The van der Waals surface area contributed by atoms with Crippen molar-refractivity contribution in [2.24, 2.45) is 0 Å². The van der Waals surface area contributed by atoms with Crippen LogP contribution in [-0.2, 0) is 13.9 Å². The molecule has 0 saturated heterocycles. The number of aliphatic hydroxyl groups is 3. The lowest BCUT2D eigenvalue weighted by Gasteiger charge is -2.19. The number of phosphoric ester groups is 1. The van der Waals surface area contributed by atoms with Gasteiger partial charge in [-0.15, -0.1) is 0 Å². The summed E-state index contributed by atoms with van der Waals surface area (Å²) in [6, 6.07) is 0. The molecule has 0 amide bonds. The molecule has 0 spiro atoms. The van der Waals surface area contributed by atoms with Crippen molar-refractivity contribution >= 4 is 13.8 Å². The van der Waals surface area contributed by atoms with Gasteiger partial charge in [-0.25, -0.2) is 9.36 Å². The van der Waals surface area contributed by atoms with Crippen molar-refractivity contribution in [1.29, 1.82) is 0 Å². The first-order chi connectivity index (χ1) is 6.65. The summed E-state index contributed by atoms with van der Waals surface area (Å²) in [5.74, 6) is -1.78. The van der Waals surface area contributed by atoms with Crippen LogP contribution in [0.25, 0.3) is 0 Å². The number of hydrogen-bond donors (Lipinski definition) is 6. The second-order valence-corrected chi connectivity index (χ2v) is 3.87.